The Balaban J connectivity index is 1.65. The largest absolute Gasteiger partial charge is 0.306 e. The Morgan fingerprint density at radius 3 is 2.30 bits per heavy atom. The molecule has 0 aromatic heterocycles. The van der Waals surface area contributed by atoms with Gasteiger partial charge in [-0.15, -0.1) is 0 Å². The fourth-order valence-corrected chi connectivity index (χ4v) is 6.10. The summed E-state index contributed by atoms with van der Waals surface area (Å²) in [7, 11) is -3.19. The number of aryl methyl sites for hydroxylation is 1. The highest BCUT2D eigenvalue weighted by atomic mass is 35.5. The van der Waals surface area contributed by atoms with Crippen LogP contribution in [0.15, 0.2) is 48.5 Å². The Morgan fingerprint density at radius 1 is 1.00 bits per heavy atom. The van der Waals surface area contributed by atoms with Gasteiger partial charge in [0, 0.05) is 23.3 Å². The van der Waals surface area contributed by atoms with Crippen molar-refractivity contribution in [1.29, 1.82) is 0 Å². The Morgan fingerprint density at radius 2 is 1.63 bits per heavy atom. The summed E-state index contributed by atoms with van der Waals surface area (Å²) >= 11 is 5.95. The highest BCUT2D eigenvalue weighted by Crippen LogP contribution is 2.32. The quantitative estimate of drug-likeness (QED) is 0.789. The number of carbonyl (C=O) groups is 1. The fraction of sp³-hybridized carbons (Fsp3) is 0.350. The first-order chi connectivity index (χ1) is 12.8. The lowest BCUT2D eigenvalue weighted by Gasteiger charge is -2.43. The first kappa shape index (κ1) is 18.5. The molecule has 0 radical (unpaired) electrons. The van der Waals surface area contributed by atoms with Crippen molar-refractivity contribution in [1.82, 2.24) is 4.90 Å². The van der Waals surface area contributed by atoms with Gasteiger partial charge in [-0.2, -0.15) is 0 Å². The van der Waals surface area contributed by atoms with Gasteiger partial charge in [0.15, 0.2) is 9.84 Å². The number of nitrogens with zero attached hydrogens (tertiary/aromatic N) is 2. The van der Waals surface area contributed by atoms with Crippen LogP contribution in [0, 0.1) is 6.92 Å². The average molecular weight is 405 g/mol. The van der Waals surface area contributed by atoms with Crippen LogP contribution in [0.25, 0.3) is 0 Å². The summed E-state index contributed by atoms with van der Waals surface area (Å²) in [6, 6.07) is 14.6. The monoisotopic (exact) mass is 404 g/mol. The molecule has 2 atom stereocenters. The number of halogens is 1. The van der Waals surface area contributed by atoms with E-state index in [0.29, 0.717) is 11.6 Å². The third-order valence-electron chi connectivity index (χ3n) is 5.31. The van der Waals surface area contributed by atoms with Crippen LogP contribution in [0.5, 0.6) is 0 Å². The van der Waals surface area contributed by atoms with Crippen LogP contribution >= 0.6 is 11.6 Å². The Labute approximate surface area is 164 Å². The predicted octanol–water partition coefficient (Wildman–Crippen LogP) is 2.66. The van der Waals surface area contributed by atoms with E-state index in [1.807, 2.05) is 60.4 Å². The maximum Gasteiger partial charge on any atom is 0.241 e. The number of rotatable bonds is 3. The molecule has 0 unspecified atom stereocenters. The van der Waals surface area contributed by atoms with Gasteiger partial charge in [-0.3, -0.25) is 9.69 Å². The highest BCUT2D eigenvalue weighted by Gasteiger charge is 2.49. The van der Waals surface area contributed by atoms with Gasteiger partial charge in [-0.25, -0.2) is 8.42 Å². The SMILES string of the molecule is Cc1ccc(N2C(=O)CN(Cc3ccc(Cl)cc3)[C@@H]3CS(=O)(=O)C[C@H]32)cc1. The molecular weight excluding hydrogens is 384 g/mol. The number of anilines is 1. The van der Waals surface area contributed by atoms with Crippen molar-refractivity contribution >= 4 is 33.0 Å². The lowest BCUT2D eigenvalue weighted by molar-refractivity contribution is -0.123. The molecule has 0 saturated carbocycles. The number of carbonyl (C=O) groups excluding carboxylic acids is 1. The zero-order chi connectivity index (χ0) is 19.2. The number of amides is 1. The first-order valence-electron chi connectivity index (χ1n) is 8.90. The molecule has 2 aliphatic heterocycles. The van der Waals surface area contributed by atoms with Gasteiger partial charge < -0.3 is 4.90 Å². The zero-order valence-corrected chi connectivity index (χ0v) is 16.6. The summed E-state index contributed by atoms with van der Waals surface area (Å²) in [4.78, 5) is 16.6. The molecule has 2 fully saturated rings. The Hall–Kier alpha value is -1.89. The second-order valence-electron chi connectivity index (χ2n) is 7.34. The summed E-state index contributed by atoms with van der Waals surface area (Å²) < 4.78 is 24.8. The number of benzene rings is 2. The van der Waals surface area contributed by atoms with Crippen molar-refractivity contribution in [2.24, 2.45) is 0 Å². The second-order valence-corrected chi connectivity index (χ2v) is 9.93. The molecule has 1 amide bonds. The van der Waals surface area contributed by atoms with Crippen molar-refractivity contribution in [3.05, 3.63) is 64.7 Å². The number of fused-ring (bicyclic) bond motifs is 1. The molecule has 7 heteroatoms. The van der Waals surface area contributed by atoms with Crippen LogP contribution in [-0.4, -0.2) is 49.4 Å². The third kappa shape index (κ3) is 3.74. The van der Waals surface area contributed by atoms with Gasteiger partial charge >= 0.3 is 0 Å². The van der Waals surface area contributed by atoms with Crippen molar-refractivity contribution < 1.29 is 13.2 Å². The van der Waals surface area contributed by atoms with Crippen molar-refractivity contribution in [3.8, 4) is 0 Å². The molecule has 2 heterocycles. The summed E-state index contributed by atoms with van der Waals surface area (Å²) in [6.45, 7) is 2.72. The highest BCUT2D eigenvalue weighted by molar-refractivity contribution is 7.91. The summed E-state index contributed by atoms with van der Waals surface area (Å²) in [5, 5.41) is 0.653. The van der Waals surface area contributed by atoms with Gasteiger partial charge in [-0.05, 0) is 36.8 Å². The molecule has 5 nitrogen and oxygen atoms in total. The van der Waals surface area contributed by atoms with Crippen LogP contribution in [-0.2, 0) is 21.2 Å². The van der Waals surface area contributed by atoms with Crippen LogP contribution in [0.4, 0.5) is 5.69 Å². The van der Waals surface area contributed by atoms with Crippen LogP contribution in [0.2, 0.25) is 5.02 Å². The smallest absolute Gasteiger partial charge is 0.241 e. The number of hydrogen-bond donors (Lipinski definition) is 0. The van der Waals surface area contributed by atoms with E-state index in [2.05, 4.69) is 0 Å². The maximum absolute atomic E-state index is 13.0. The van der Waals surface area contributed by atoms with Crippen LogP contribution in [0.1, 0.15) is 11.1 Å². The van der Waals surface area contributed by atoms with E-state index >= 15 is 0 Å². The van der Waals surface area contributed by atoms with Crippen LogP contribution < -0.4 is 4.90 Å². The average Bonchev–Trinajstić information content (AvgIpc) is 2.93. The number of sulfone groups is 1. The molecule has 2 saturated heterocycles. The van der Waals surface area contributed by atoms with E-state index in [0.717, 1.165) is 16.8 Å². The molecule has 2 aromatic rings. The molecule has 2 aromatic carbocycles. The van der Waals surface area contributed by atoms with Crippen molar-refractivity contribution in [2.75, 3.05) is 23.0 Å². The molecule has 0 bridgehead atoms. The van der Waals surface area contributed by atoms with E-state index in [-0.39, 0.29) is 36.0 Å². The Kier molecular flexibility index (Phi) is 4.74. The van der Waals surface area contributed by atoms with E-state index in [4.69, 9.17) is 11.6 Å². The minimum Gasteiger partial charge on any atom is -0.306 e. The molecule has 0 N–H and O–H groups in total. The van der Waals surface area contributed by atoms with Gasteiger partial charge in [0.2, 0.25) is 5.91 Å². The predicted molar refractivity (Wildman–Crippen MR) is 107 cm³/mol. The topological polar surface area (TPSA) is 57.7 Å². The summed E-state index contributed by atoms with van der Waals surface area (Å²) in [5.74, 6) is 0.0288. The van der Waals surface area contributed by atoms with Gasteiger partial charge in [0.05, 0.1) is 24.1 Å². The number of hydrogen-bond acceptors (Lipinski definition) is 4. The van der Waals surface area contributed by atoms with Gasteiger partial charge in [-0.1, -0.05) is 41.4 Å². The molecule has 142 valence electrons. The minimum absolute atomic E-state index is 0.00833. The summed E-state index contributed by atoms with van der Waals surface area (Å²) in [5.41, 5.74) is 2.88. The minimum atomic E-state index is -3.19. The molecule has 0 spiro atoms. The molecule has 0 aliphatic carbocycles. The normalized spacial score (nSPS) is 24.8. The second kappa shape index (κ2) is 6.93. The lowest BCUT2D eigenvalue weighted by Crippen LogP contribution is -2.61. The molecule has 2 aliphatic rings. The molecule has 27 heavy (non-hydrogen) atoms. The molecule has 4 rings (SSSR count). The fourth-order valence-electron chi connectivity index (χ4n) is 4.00. The van der Waals surface area contributed by atoms with Crippen molar-refractivity contribution in [2.45, 2.75) is 25.6 Å². The lowest BCUT2D eigenvalue weighted by atomic mass is 10.0. The zero-order valence-electron chi connectivity index (χ0n) is 15.0. The van der Waals surface area contributed by atoms with Crippen molar-refractivity contribution in [3.63, 3.8) is 0 Å². The van der Waals surface area contributed by atoms with E-state index in [1.54, 1.807) is 4.90 Å². The number of piperazine rings is 1. The standard InChI is InChI=1S/C20H21ClN2O3S/c1-14-2-8-17(9-3-14)23-19-13-27(25,26)12-18(19)22(11-20(23)24)10-15-4-6-16(21)7-5-15/h2-9,18-19H,10-13H2,1H3/t18-,19-/m1/s1. The van der Waals surface area contributed by atoms with Gasteiger partial charge in [0.1, 0.15) is 0 Å². The first-order valence-corrected chi connectivity index (χ1v) is 11.1. The van der Waals surface area contributed by atoms with E-state index in [1.165, 1.54) is 0 Å². The summed E-state index contributed by atoms with van der Waals surface area (Å²) in [6.07, 6.45) is 0. The molecular formula is C20H21ClN2O3S. The van der Waals surface area contributed by atoms with Gasteiger partial charge in [0.25, 0.3) is 0 Å². The maximum atomic E-state index is 13.0. The third-order valence-corrected chi connectivity index (χ3v) is 7.26. The Bertz CT molecular complexity index is 958. The van der Waals surface area contributed by atoms with E-state index in [9.17, 15) is 13.2 Å². The van der Waals surface area contributed by atoms with E-state index < -0.39 is 9.84 Å². The van der Waals surface area contributed by atoms with Crippen LogP contribution in [0.3, 0.4) is 0 Å².